The lowest BCUT2D eigenvalue weighted by Gasteiger charge is -2.33. The van der Waals surface area contributed by atoms with Crippen LogP contribution < -0.4 is 15.3 Å². The predicted octanol–water partition coefficient (Wildman–Crippen LogP) is 5.61. The Morgan fingerprint density at radius 3 is 2.80 bits per heavy atom. The molecule has 280 valence electrons. The van der Waals surface area contributed by atoms with Crippen LogP contribution >= 0.6 is 11.3 Å². The third kappa shape index (κ3) is 7.20. The third-order valence-electron chi connectivity index (χ3n) is 9.47. The molecule has 4 aromatic heterocycles. The van der Waals surface area contributed by atoms with Crippen LogP contribution in [0.1, 0.15) is 48.1 Å². The zero-order chi connectivity index (χ0) is 38.1. The second-order valence-corrected chi connectivity index (χ2v) is 13.7. The van der Waals surface area contributed by atoms with Crippen LogP contribution in [0.3, 0.4) is 0 Å². The number of amides is 1. The van der Waals surface area contributed by atoms with Crippen molar-refractivity contribution in [2.45, 2.75) is 38.3 Å². The fourth-order valence-corrected chi connectivity index (χ4v) is 7.86. The number of aliphatic hydroxyl groups is 1. The highest BCUT2D eigenvalue weighted by Crippen LogP contribution is 2.48. The zero-order valence-corrected chi connectivity index (χ0v) is 30.2. The van der Waals surface area contributed by atoms with E-state index in [9.17, 15) is 23.1 Å². The van der Waals surface area contributed by atoms with Crippen LogP contribution in [0.2, 0.25) is 0 Å². The number of benzene rings is 1. The first-order valence-corrected chi connectivity index (χ1v) is 18.1. The molecule has 0 saturated heterocycles. The van der Waals surface area contributed by atoms with Crippen molar-refractivity contribution in [3.05, 3.63) is 111 Å². The minimum absolute atomic E-state index is 0.0583. The van der Waals surface area contributed by atoms with Crippen molar-refractivity contribution < 1.29 is 36.9 Å². The largest absolute Gasteiger partial charge is 0.493 e. The number of carbonyl (C=O) groups excluding carboxylic acids is 1. The molecule has 0 saturated carbocycles. The molecule has 7 rings (SSSR count). The average molecular weight is 761 g/mol. The van der Waals surface area contributed by atoms with Crippen LogP contribution in [-0.4, -0.2) is 73.2 Å². The highest BCUT2D eigenvalue weighted by Gasteiger charge is 2.34. The molecule has 0 aliphatic carbocycles. The number of aromatic nitrogens is 5. The first-order valence-electron chi connectivity index (χ1n) is 17.2. The maximum absolute atomic E-state index is 16.0. The molecule has 2 aliphatic heterocycles. The van der Waals surface area contributed by atoms with Crippen LogP contribution in [0.5, 0.6) is 5.75 Å². The molecule has 0 spiro atoms. The number of nitrogens with zero attached hydrogens (tertiary/aromatic N) is 6. The molecular weight excluding hydrogens is 725 g/mol. The van der Waals surface area contributed by atoms with Gasteiger partial charge in [0.2, 0.25) is 5.91 Å². The quantitative estimate of drug-likeness (QED) is 0.0902. The molecular formula is C39H36F4N6O4S. The molecule has 0 bridgehead atoms. The van der Waals surface area contributed by atoms with Crippen molar-refractivity contribution in [3.8, 4) is 16.9 Å². The molecule has 54 heavy (non-hydrogen) atoms. The van der Waals surface area contributed by atoms with Crippen LogP contribution in [-0.2, 0) is 23.1 Å². The molecule has 2 aliphatic rings. The van der Waals surface area contributed by atoms with E-state index in [2.05, 4.69) is 11.7 Å². The van der Waals surface area contributed by atoms with E-state index in [1.54, 1.807) is 46.9 Å². The Hall–Kier alpha value is -5.54. The number of rotatable bonds is 9. The van der Waals surface area contributed by atoms with Gasteiger partial charge in [-0.25, -0.2) is 17.6 Å². The van der Waals surface area contributed by atoms with E-state index in [0.29, 0.717) is 73.8 Å². The smallest absolute Gasteiger partial charge is 0.257 e. The van der Waals surface area contributed by atoms with Crippen molar-refractivity contribution in [3.63, 3.8) is 0 Å². The molecule has 1 N–H and O–H groups in total. The zero-order valence-electron chi connectivity index (χ0n) is 29.4. The van der Waals surface area contributed by atoms with Crippen LogP contribution in [0, 0.1) is 11.6 Å². The summed E-state index contributed by atoms with van der Waals surface area (Å²) in [5.41, 5.74) is 2.83. The molecule has 10 nitrogen and oxygen atoms in total. The Morgan fingerprint density at radius 1 is 1.20 bits per heavy atom. The van der Waals surface area contributed by atoms with Crippen molar-refractivity contribution in [2.75, 3.05) is 26.4 Å². The number of carbonyl (C=O) groups is 1. The molecule has 2 atom stereocenters. The van der Waals surface area contributed by atoms with Gasteiger partial charge in [0.1, 0.15) is 29.8 Å². The molecule has 0 radical (unpaired) electrons. The Kier molecular flexibility index (Phi) is 10.5. The summed E-state index contributed by atoms with van der Waals surface area (Å²) in [6.07, 6.45) is 7.50. The molecule has 5 aromatic rings. The summed E-state index contributed by atoms with van der Waals surface area (Å²) >= 11 is 1.38. The van der Waals surface area contributed by atoms with E-state index < -0.39 is 35.9 Å². The minimum atomic E-state index is -2.75. The molecule has 1 aromatic carbocycles. The summed E-state index contributed by atoms with van der Waals surface area (Å²) in [5.74, 6) is -2.18. The number of fused-ring (bicyclic) bond motifs is 6. The third-order valence-corrected chi connectivity index (χ3v) is 10.4. The lowest BCUT2D eigenvalue weighted by Crippen LogP contribution is -2.40. The summed E-state index contributed by atoms with van der Waals surface area (Å²) in [5, 5.41) is 22.4. The fraction of sp³-hybridized carbons (Fsp3) is 0.282. The number of pyridine rings is 1. The Bertz CT molecular complexity index is 2430. The standard InChI is InChI=1S/C39H36F4N6O4S/c1-22-21-44-47(3)31(22)19-25(52-13-5-4-12-50)18-29-27-9-15-54-39(27)37-36-28(41)16-24(40)17-33(36)53-14-8-26(38(37)45-29)30-20-32-23(2)48(10-11-49(32)46-30)35(51)7-6-34(42)43/h4-7,9,15-21,23,26,34,50H,1,8,10-14H2,2-3H3/b5-4+,7-6+,25-18-,31-19+. The second-order valence-electron chi connectivity index (χ2n) is 12.8. The molecule has 2 unspecified atom stereocenters. The maximum Gasteiger partial charge on any atom is 0.257 e. The number of allylic oxidation sites excluding steroid dienone is 2. The summed E-state index contributed by atoms with van der Waals surface area (Å²) in [7, 11) is 1.78. The summed E-state index contributed by atoms with van der Waals surface area (Å²) < 4.78 is 72.7. The van der Waals surface area contributed by atoms with Gasteiger partial charge in [-0.2, -0.15) is 10.2 Å². The number of alkyl halides is 2. The van der Waals surface area contributed by atoms with Gasteiger partial charge in [0.05, 0.1) is 65.7 Å². The fourth-order valence-electron chi connectivity index (χ4n) is 6.89. The van der Waals surface area contributed by atoms with Gasteiger partial charge >= 0.3 is 0 Å². The van der Waals surface area contributed by atoms with E-state index in [-0.39, 0.29) is 37.7 Å². The minimum Gasteiger partial charge on any atom is -0.493 e. The van der Waals surface area contributed by atoms with E-state index >= 15 is 4.39 Å². The van der Waals surface area contributed by atoms with Crippen LogP contribution in [0.25, 0.3) is 39.9 Å². The van der Waals surface area contributed by atoms with E-state index in [1.165, 1.54) is 22.3 Å². The second kappa shape index (κ2) is 15.4. The average Bonchev–Trinajstić information content (AvgIpc) is 3.87. The molecule has 0 fully saturated rings. The highest BCUT2D eigenvalue weighted by atomic mass is 32.1. The van der Waals surface area contributed by atoms with Gasteiger partial charge in [0.25, 0.3) is 6.43 Å². The van der Waals surface area contributed by atoms with Gasteiger partial charge in [0.15, 0.2) is 0 Å². The molecule has 1 amide bonds. The highest BCUT2D eigenvalue weighted by molar-refractivity contribution is 7.17. The predicted molar refractivity (Wildman–Crippen MR) is 197 cm³/mol. The number of halogens is 4. The lowest BCUT2D eigenvalue weighted by atomic mass is 9.88. The van der Waals surface area contributed by atoms with Gasteiger partial charge in [0, 0.05) is 70.7 Å². The van der Waals surface area contributed by atoms with E-state index in [0.717, 1.165) is 12.1 Å². The van der Waals surface area contributed by atoms with Crippen molar-refractivity contribution in [1.82, 2.24) is 29.4 Å². The van der Waals surface area contributed by atoms with Gasteiger partial charge in [-0.05, 0) is 43.0 Å². The number of ether oxygens (including phenoxy) is 2. The van der Waals surface area contributed by atoms with Gasteiger partial charge < -0.3 is 19.5 Å². The molecule has 6 heterocycles. The number of hydrogen-bond acceptors (Lipinski definition) is 8. The monoisotopic (exact) mass is 760 g/mol. The number of thiophene rings is 1. The van der Waals surface area contributed by atoms with E-state index in [1.807, 2.05) is 24.4 Å². The SMILES string of the molecule is C=c1cnn(C)/c1=C/C(=C/c1nc2c(c3sccc13)-c1c(F)cc(F)cc1OCCC2c1cc2n(n1)CCN(C(=O)/C=C/C(F)F)C2C)OC/C=C/CO. The first kappa shape index (κ1) is 36.8. The maximum atomic E-state index is 16.0. The van der Waals surface area contributed by atoms with Crippen LogP contribution in [0.4, 0.5) is 17.6 Å². The Labute approximate surface area is 311 Å². The number of aliphatic hydroxyl groups excluding tert-OH is 1. The van der Waals surface area contributed by atoms with Crippen molar-refractivity contribution in [2.24, 2.45) is 7.05 Å². The Morgan fingerprint density at radius 2 is 2.04 bits per heavy atom. The Balaban J connectivity index is 1.42. The van der Waals surface area contributed by atoms with Crippen molar-refractivity contribution in [1.29, 1.82) is 0 Å². The summed E-state index contributed by atoms with van der Waals surface area (Å²) in [6.45, 7) is 6.56. The molecule has 15 heteroatoms. The normalized spacial score (nSPS) is 17.9. The van der Waals surface area contributed by atoms with Gasteiger partial charge in [-0.15, -0.1) is 11.3 Å². The van der Waals surface area contributed by atoms with E-state index in [4.69, 9.17) is 19.6 Å². The van der Waals surface area contributed by atoms with Crippen LogP contribution in [0.15, 0.2) is 65.9 Å². The van der Waals surface area contributed by atoms with Gasteiger partial charge in [-0.3, -0.25) is 19.1 Å². The lowest BCUT2D eigenvalue weighted by molar-refractivity contribution is -0.129. The number of aryl methyl sites for hydroxylation is 1. The summed E-state index contributed by atoms with van der Waals surface area (Å²) in [4.78, 5) is 19.6. The summed E-state index contributed by atoms with van der Waals surface area (Å²) in [6, 6.07) is 5.26. The first-order chi connectivity index (χ1) is 26.0. The van der Waals surface area contributed by atoms with Crippen molar-refractivity contribution >= 4 is 46.1 Å². The number of hydrogen-bond donors (Lipinski definition) is 1. The van der Waals surface area contributed by atoms with Gasteiger partial charge in [-0.1, -0.05) is 12.7 Å². The topological polar surface area (TPSA) is 108 Å².